The van der Waals surface area contributed by atoms with Gasteiger partial charge in [0, 0.05) is 24.9 Å². The first-order valence-electron chi connectivity index (χ1n) is 9.02. The fourth-order valence-corrected chi connectivity index (χ4v) is 4.47. The lowest BCUT2D eigenvalue weighted by Gasteiger charge is -2.11. The molecule has 11 heteroatoms. The smallest absolute Gasteiger partial charge is 0.262 e. The molecule has 2 aromatic carbocycles. The lowest BCUT2D eigenvalue weighted by atomic mass is 10.3. The van der Waals surface area contributed by atoms with E-state index in [1.54, 1.807) is 6.07 Å². The first-order valence-corrected chi connectivity index (χ1v) is 12.4. The zero-order valence-corrected chi connectivity index (χ0v) is 17.8. The van der Waals surface area contributed by atoms with Crippen molar-refractivity contribution in [1.29, 1.82) is 0 Å². The van der Waals surface area contributed by atoms with E-state index in [0.29, 0.717) is 30.2 Å². The van der Waals surface area contributed by atoms with E-state index in [0.717, 1.165) is 12.7 Å². The molecular weight excluding hydrogens is 430 g/mol. The second kappa shape index (κ2) is 8.84. The normalized spacial score (nSPS) is 14.1. The van der Waals surface area contributed by atoms with Gasteiger partial charge in [0.1, 0.15) is 11.6 Å². The number of nitrogens with zero attached hydrogens (tertiary/aromatic N) is 1. The molecule has 1 heterocycles. The summed E-state index contributed by atoms with van der Waals surface area (Å²) >= 11 is 0. The third-order valence-corrected chi connectivity index (χ3v) is 6.68. The molecule has 0 aromatic heterocycles. The Bertz CT molecular complexity index is 1170. The van der Waals surface area contributed by atoms with Gasteiger partial charge in [0.15, 0.2) is 16.4 Å². The van der Waals surface area contributed by atoms with E-state index in [1.807, 2.05) is 0 Å². The summed E-state index contributed by atoms with van der Waals surface area (Å²) in [6.07, 6.45) is 2.49. The predicted molar refractivity (Wildman–Crippen MR) is 112 cm³/mol. The summed E-state index contributed by atoms with van der Waals surface area (Å²) in [5.74, 6) is 0.264. The first kappa shape index (κ1) is 21.8. The summed E-state index contributed by atoms with van der Waals surface area (Å²) in [5, 5.41) is 2.57. The second-order valence-corrected chi connectivity index (χ2v) is 10.3. The SMILES string of the molecule is CS(=O)(=O)c1ccc(OCC(=O)Nc2cccc(S(=O)(=O)NC3=NCCC3)c2)cc1. The number of hydrogen-bond acceptors (Lipinski definition) is 7. The molecule has 160 valence electrons. The third kappa shape index (κ3) is 5.80. The molecule has 0 fully saturated rings. The fraction of sp³-hybridized carbons (Fsp3) is 0.263. The van der Waals surface area contributed by atoms with Crippen molar-refractivity contribution in [2.24, 2.45) is 4.99 Å². The number of hydrogen-bond donors (Lipinski definition) is 2. The average molecular weight is 452 g/mol. The van der Waals surface area contributed by atoms with Crippen LogP contribution in [-0.2, 0) is 24.7 Å². The number of amidine groups is 1. The van der Waals surface area contributed by atoms with Crippen molar-refractivity contribution in [1.82, 2.24) is 4.72 Å². The molecule has 0 saturated heterocycles. The highest BCUT2D eigenvalue weighted by molar-refractivity contribution is 7.90. The molecule has 9 nitrogen and oxygen atoms in total. The molecule has 0 unspecified atom stereocenters. The third-order valence-electron chi connectivity index (χ3n) is 4.18. The minimum atomic E-state index is -3.79. The van der Waals surface area contributed by atoms with Gasteiger partial charge in [0.25, 0.3) is 15.9 Å². The minimum absolute atomic E-state index is 0.00665. The number of anilines is 1. The van der Waals surface area contributed by atoms with E-state index in [2.05, 4.69) is 15.0 Å². The van der Waals surface area contributed by atoms with Gasteiger partial charge >= 0.3 is 0 Å². The van der Waals surface area contributed by atoms with Crippen LogP contribution in [0.3, 0.4) is 0 Å². The zero-order valence-electron chi connectivity index (χ0n) is 16.2. The van der Waals surface area contributed by atoms with Crippen LogP contribution in [-0.4, -0.2) is 48.0 Å². The molecular formula is C19H21N3O6S2. The van der Waals surface area contributed by atoms with Crippen LogP contribution in [0.15, 0.2) is 63.3 Å². The van der Waals surface area contributed by atoms with Gasteiger partial charge < -0.3 is 10.1 Å². The van der Waals surface area contributed by atoms with Crippen molar-refractivity contribution < 1.29 is 26.4 Å². The number of rotatable bonds is 7. The Morgan fingerprint density at radius 2 is 1.80 bits per heavy atom. The van der Waals surface area contributed by atoms with Gasteiger partial charge in [-0.2, -0.15) is 0 Å². The Morgan fingerprint density at radius 3 is 2.43 bits per heavy atom. The monoisotopic (exact) mass is 451 g/mol. The molecule has 1 amide bonds. The Labute approximate surface area is 175 Å². The lowest BCUT2D eigenvalue weighted by molar-refractivity contribution is -0.118. The van der Waals surface area contributed by atoms with Gasteiger partial charge in [-0.15, -0.1) is 0 Å². The Balaban J connectivity index is 1.59. The highest BCUT2D eigenvalue weighted by Crippen LogP contribution is 2.18. The van der Waals surface area contributed by atoms with E-state index >= 15 is 0 Å². The van der Waals surface area contributed by atoms with Gasteiger partial charge in [-0.25, -0.2) is 16.8 Å². The van der Waals surface area contributed by atoms with Crippen LogP contribution in [0.2, 0.25) is 0 Å². The maximum atomic E-state index is 12.5. The lowest BCUT2D eigenvalue weighted by Crippen LogP contribution is -2.29. The summed E-state index contributed by atoms with van der Waals surface area (Å²) in [7, 11) is -7.10. The quantitative estimate of drug-likeness (QED) is 0.657. The molecule has 0 saturated carbocycles. The maximum absolute atomic E-state index is 12.5. The molecule has 1 aliphatic heterocycles. The van der Waals surface area contributed by atoms with Crippen molar-refractivity contribution >= 4 is 37.3 Å². The molecule has 1 aliphatic rings. The highest BCUT2D eigenvalue weighted by Gasteiger charge is 2.19. The maximum Gasteiger partial charge on any atom is 0.262 e. The average Bonchev–Trinajstić information content (AvgIpc) is 3.18. The second-order valence-electron chi connectivity index (χ2n) is 6.65. The Kier molecular flexibility index (Phi) is 6.42. The Hall–Kier alpha value is -2.92. The van der Waals surface area contributed by atoms with E-state index < -0.39 is 25.8 Å². The summed E-state index contributed by atoms with van der Waals surface area (Å²) in [6, 6.07) is 11.5. The van der Waals surface area contributed by atoms with E-state index in [9.17, 15) is 21.6 Å². The molecule has 2 N–H and O–H groups in total. The number of sulfone groups is 1. The molecule has 30 heavy (non-hydrogen) atoms. The number of carbonyl (C=O) groups is 1. The topological polar surface area (TPSA) is 131 Å². The summed E-state index contributed by atoms with van der Waals surface area (Å²) in [4.78, 5) is 16.4. The van der Waals surface area contributed by atoms with Crippen molar-refractivity contribution in [2.45, 2.75) is 22.6 Å². The van der Waals surface area contributed by atoms with Gasteiger partial charge in [0.2, 0.25) is 0 Å². The van der Waals surface area contributed by atoms with E-state index in [4.69, 9.17) is 4.74 Å². The van der Waals surface area contributed by atoms with Crippen LogP contribution in [0.25, 0.3) is 0 Å². The van der Waals surface area contributed by atoms with Crippen molar-refractivity contribution in [3.63, 3.8) is 0 Å². The van der Waals surface area contributed by atoms with Crippen molar-refractivity contribution in [2.75, 3.05) is 24.7 Å². The minimum Gasteiger partial charge on any atom is -0.484 e. The molecule has 0 aliphatic carbocycles. The van der Waals surface area contributed by atoms with Crippen molar-refractivity contribution in [3.8, 4) is 5.75 Å². The van der Waals surface area contributed by atoms with Gasteiger partial charge in [-0.1, -0.05) is 6.07 Å². The molecule has 0 atom stereocenters. The van der Waals surface area contributed by atoms with Gasteiger partial charge in [-0.3, -0.25) is 14.5 Å². The number of benzene rings is 2. The van der Waals surface area contributed by atoms with E-state index in [1.165, 1.54) is 42.5 Å². The van der Waals surface area contributed by atoms with Crippen molar-refractivity contribution in [3.05, 3.63) is 48.5 Å². The number of sulfonamides is 1. The molecule has 2 aromatic rings. The van der Waals surface area contributed by atoms with Crippen LogP contribution in [0.4, 0.5) is 5.69 Å². The zero-order chi connectivity index (χ0) is 21.8. The van der Waals surface area contributed by atoms with Crippen LogP contribution in [0, 0.1) is 0 Å². The Morgan fingerprint density at radius 1 is 1.07 bits per heavy atom. The van der Waals surface area contributed by atoms with Crippen LogP contribution < -0.4 is 14.8 Å². The number of carbonyl (C=O) groups excluding carboxylic acids is 1. The number of nitrogens with one attached hydrogen (secondary N) is 2. The molecule has 0 radical (unpaired) electrons. The number of aliphatic imine (C=N–C) groups is 1. The first-order chi connectivity index (χ1) is 14.1. The van der Waals surface area contributed by atoms with Gasteiger partial charge in [0.05, 0.1) is 9.79 Å². The molecule has 0 spiro atoms. The van der Waals surface area contributed by atoms with E-state index in [-0.39, 0.29) is 16.4 Å². The number of ether oxygens (including phenoxy) is 1. The largest absolute Gasteiger partial charge is 0.484 e. The fourth-order valence-electron chi connectivity index (χ4n) is 2.71. The highest BCUT2D eigenvalue weighted by atomic mass is 32.2. The summed E-state index contributed by atoms with van der Waals surface area (Å²) in [5.41, 5.74) is 0.298. The predicted octanol–water partition coefficient (Wildman–Crippen LogP) is 1.58. The van der Waals surface area contributed by atoms with Gasteiger partial charge in [-0.05, 0) is 48.9 Å². The standard InChI is InChI=1S/C19H21N3O6S2/c1-29(24,25)16-9-7-15(8-10-16)28-13-19(23)21-14-4-2-5-17(12-14)30(26,27)22-18-6-3-11-20-18/h2,4-5,7-10,12H,3,6,11,13H2,1H3,(H,20,22)(H,21,23). The van der Waals surface area contributed by atoms with Crippen LogP contribution in [0.5, 0.6) is 5.75 Å². The molecule has 0 bridgehead atoms. The number of amides is 1. The van der Waals surface area contributed by atoms with Crippen LogP contribution >= 0.6 is 0 Å². The molecule has 3 rings (SSSR count). The summed E-state index contributed by atoms with van der Waals surface area (Å²) < 4.78 is 55.6. The van der Waals surface area contributed by atoms with Crippen LogP contribution in [0.1, 0.15) is 12.8 Å². The summed E-state index contributed by atoms with van der Waals surface area (Å²) in [6.45, 7) is 0.273.